The van der Waals surface area contributed by atoms with Crippen LogP contribution in [0.4, 0.5) is 0 Å². The lowest BCUT2D eigenvalue weighted by atomic mass is 9.29. The minimum Gasteiger partial charge on any atom is -0.392 e. The van der Waals surface area contributed by atoms with E-state index in [4.69, 9.17) is 9.47 Å². The molecule has 5 heterocycles. The summed E-state index contributed by atoms with van der Waals surface area (Å²) in [5.74, 6) is 2.98. The highest BCUT2D eigenvalue weighted by molar-refractivity contribution is 6.02. The number of ether oxygens (including phenoxy) is 2. The van der Waals surface area contributed by atoms with Gasteiger partial charge < -0.3 is 29.2 Å². The predicted molar refractivity (Wildman–Crippen MR) is 295 cm³/mol. The summed E-state index contributed by atoms with van der Waals surface area (Å²) in [5, 5.41) is 26.6. The smallest absolute Gasteiger partial charge is 0.160 e. The van der Waals surface area contributed by atoms with E-state index in [1.807, 2.05) is 0 Å². The fraction of sp³-hybridized carbons (Fsp3) is 0.761. The number of benzene rings is 1. The van der Waals surface area contributed by atoms with E-state index in [0.29, 0.717) is 49.3 Å². The lowest BCUT2D eigenvalue weighted by Crippen LogP contribution is -2.73. The lowest BCUT2D eigenvalue weighted by Gasteiger charge is -2.74. The van der Waals surface area contributed by atoms with Crippen molar-refractivity contribution < 1.29 is 29.3 Å². The second-order valence-electron chi connectivity index (χ2n) is 29.8. The molecule has 13 atom stereocenters. The van der Waals surface area contributed by atoms with Gasteiger partial charge in [-0.2, -0.15) is 0 Å². The van der Waals surface area contributed by atoms with E-state index in [0.717, 1.165) is 108 Å². The van der Waals surface area contributed by atoms with Crippen molar-refractivity contribution in [1.82, 2.24) is 9.55 Å². The molecule has 1 aromatic carbocycles. The molecule has 8 nitrogen and oxygen atoms in total. The number of carbonyl (C=O) groups excluding carboxylic acids is 2. The molecule has 8 fully saturated rings. The van der Waals surface area contributed by atoms with Crippen LogP contribution in [0.25, 0.3) is 11.0 Å². The number of aromatic nitrogens is 2. The number of Topliss-reactive ketones (excluding diaryl/α,β-unsaturated/α-hetero) is 2. The highest BCUT2D eigenvalue weighted by atomic mass is 16.6. The fourth-order valence-electron chi connectivity index (χ4n) is 22.3. The van der Waals surface area contributed by atoms with Gasteiger partial charge in [0.15, 0.2) is 5.78 Å². The summed E-state index contributed by atoms with van der Waals surface area (Å²) in [4.78, 5) is 34.9. The summed E-state index contributed by atoms with van der Waals surface area (Å²) < 4.78 is 14.7. The molecule has 6 saturated carbocycles. The van der Waals surface area contributed by atoms with Crippen molar-refractivity contribution >= 4 is 22.6 Å². The van der Waals surface area contributed by atoms with Crippen LogP contribution in [0.2, 0.25) is 0 Å². The first-order valence-corrected chi connectivity index (χ1v) is 31.1. The largest absolute Gasteiger partial charge is 0.392 e. The van der Waals surface area contributed by atoms with Crippen LogP contribution < -0.4 is 0 Å². The number of H-pyrrole nitrogens is 1. The first kappa shape index (κ1) is 50.2. The van der Waals surface area contributed by atoms with Crippen molar-refractivity contribution in [3.05, 3.63) is 69.1 Å². The molecule has 1 spiro atoms. The number of carbonyl (C=O) groups is 2. The molecule has 14 rings (SSSR count). The molecule has 3 N–H and O–H groups in total. The average Bonchev–Trinajstić information content (AvgIpc) is 4.13. The topological polar surface area (TPSA) is 117 Å². The highest BCUT2D eigenvalue weighted by Gasteiger charge is 2.78. The van der Waals surface area contributed by atoms with E-state index in [9.17, 15) is 10.2 Å². The summed E-state index contributed by atoms with van der Waals surface area (Å²) in [7, 11) is 0. The number of aryl methyl sites for hydroxylation is 1. The second kappa shape index (κ2) is 17.2. The molecule has 13 unspecified atom stereocenters. The number of epoxide rings is 1. The third-order valence-electron chi connectivity index (χ3n) is 26.2. The minimum atomic E-state index is -0.714. The fourth-order valence-corrected chi connectivity index (χ4v) is 22.3. The molecular formula is C67H92N2O6. The molecule has 2 saturated heterocycles. The number of nitrogens with zero attached hydrogens (tertiary/aromatic N) is 1. The maximum atomic E-state index is 15.8. The monoisotopic (exact) mass is 1020 g/mol. The van der Waals surface area contributed by atoms with Crippen molar-refractivity contribution in [2.75, 3.05) is 13.2 Å². The van der Waals surface area contributed by atoms with E-state index in [1.54, 1.807) is 16.7 Å². The van der Waals surface area contributed by atoms with E-state index >= 15 is 9.59 Å². The SMILES string of the molecule is CC1(CC(O)C2OC2(C)C)CCc2c[nH]c3c(Cc4cc(C5CCOCC5)c5c(c4)C4CCCCC4CC5)cn(c23)CC2C3=C1C(=O)CC3(C)C1(C)CCC3C(C)(C4CCCC4)C(=O)CC4(CCCC4)C3(C)C1C2O. The normalized spacial score (nSPS) is 41.6. The second-order valence-corrected chi connectivity index (χ2v) is 29.8. The summed E-state index contributed by atoms with van der Waals surface area (Å²) in [5.41, 5.74) is 10.8. The summed E-state index contributed by atoms with van der Waals surface area (Å²) in [6.45, 7) is 18.7. The number of hydrogen-bond acceptors (Lipinski definition) is 6. The van der Waals surface area contributed by atoms with Crippen LogP contribution in [0.3, 0.4) is 0 Å². The third-order valence-corrected chi connectivity index (χ3v) is 26.2. The molecule has 8 heteroatoms. The number of allylic oxidation sites excluding steroid dienone is 1. The van der Waals surface area contributed by atoms with Crippen LogP contribution in [-0.2, 0) is 44.9 Å². The Bertz CT molecular complexity index is 2830. The molecule has 0 amide bonds. The van der Waals surface area contributed by atoms with Crippen LogP contribution in [0, 0.1) is 62.1 Å². The Kier molecular flexibility index (Phi) is 11.5. The van der Waals surface area contributed by atoms with Crippen molar-refractivity contribution in [3.8, 4) is 0 Å². The van der Waals surface area contributed by atoms with Gasteiger partial charge in [0, 0.05) is 73.7 Å². The van der Waals surface area contributed by atoms with Gasteiger partial charge in [-0.25, -0.2) is 0 Å². The molecule has 3 aliphatic heterocycles. The van der Waals surface area contributed by atoms with Gasteiger partial charge in [-0.05, 0) is 206 Å². The molecule has 3 aromatic rings. The zero-order valence-electron chi connectivity index (χ0n) is 47.1. The Morgan fingerprint density at radius 1 is 0.800 bits per heavy atom. The van der Waals surface area contributed by atoms with Gasteiger partial charge >= 0.3 is 0 Å². The molecule has 11 aliphatic rings. The van der Waals surface area contributed by atoms with Crippen LogP contribution in [0.5, 0.6) is 0 Å². The van der Waals surface area contributed by atoms with Gasteiger partial charge in [-0.15, -0.1) is 0 Å². The van der Waals surface area contributed by atoms with Crippen molar-refractivity contribution in [2.45, 2.75) is 245 Å². The first-order chi connectivity index (χ1) is 35.9. The standard InChI is InChI=1S/C67H92N2O6/c1-61(2)60(75-61)51(71)33-62(3)26-20-42-36-68-56-43(30-39-31-47(41-22-28-74-29-23-41)46-19-18-40-14-8-11-17-45(40)48(46)32-39)37-69(57(42)56)38-49-54-55(62)50(70)34-64(54,5)63(4)27-21-52-65(6,44-15-9-10-16-44)53(72)35-67(24-12-13-25-67)66(52,7)59(63)58(49)73/h31-32,36-37,40-41,44-45,49,51-52,58-60,68,71,73H,8-30,33-35,38H2,1-7H3. The Morgan fingerprint density at radius 2 is 1.52 bits per heavy atom. The number of aliphatic hydroxyl groups is 2. The number of rotatable bonds is 7. The van der Waals surface area contributed by atoms with Crippen LogP contribution in [0.1, 0.15) is 229 Å². The number of ketones is 2. The molecular weight excluding hydrogens is 929 g/mol. The highest BCUT2D eigenvalue weighted by Crippen LogP contribution is 2.81. The van der Waals surface area contributed by atoms with Gasteiger partial charge in [-0.3, -0.25) is 9.59 Å². The van der Waals surface area contributed by atoms with E-state index in [-0.39, 0.29) is 45.9 Å². The van der Waals surface area contributed by atoms with Crippen LogP contribution >= 0.6 is 0 Å². The zero-order valence-corrected chi connectivity index (χ0v) is 47.1. The molecule has 0 radical (unpaired) electrons. The maximum absolute atomic E-state index is 15.8. The first-order valence-electron chi connectivity index (χ1n) is 31.1. The summed E-state index contributed by atoms with van der Waals surface area (Å²) >= 11 is 0. The van der Waals surface area contributed by atoms with E-state index in [2.05, 4.69) is 82.5 Å². The van der Waals surface area contributed by atoms with Crippen molar-refractivity contribution in [1.29, 1.82) is 0 Å². The molecule has 406 valence electrons. The molecule has 2 aromatic heterocycles. The Labute approximate surface area is 448 Å². The number of aliphatic hydroxyl groups excluding tert-OH is 2. The molecule has 75 heavy (non-hydrogen) atoms. The van der Waals surface area contributed by atoms with Gasteiger partial charge in [0.25, 0.3) is 0 Å². The van der Waals surface area contributed by atoms with Crippen molar-refractivity contribution in [3.63, 3.8) is 0 Å². The molecule has 0 bridgehead atoms. The van der Waals surface area contributed by atoms with Crippen LogP contribution in [0.15, 0.2) is 35.7 Å². The molecule has 8 aliphatic carbocycles. The number of nitrogens with one attached hydrogen (secondary N) is 1. The van der Waals surface area contributed by atoms with Gasteiger partial charge in [0.05, 0.1) is 28.8 Å². The van der Waals surface area contributed by atoms with Crippen LogP contribution in [-0.4, -0.2) is 68.5 Å². The Morgan fingerprint density at radius 3 is 2.27 bits per heavy atom. The Hall–Kier alpha value is -3.04. The third kappa shape index (κ3) is 6.97. The van der Waals surface area contributed by atoms with Gasteiger partial charge in [-0.1, -0.05) is 85.3 Å². The average molecular weight is 1020 g/mol. The Balaban J connectivity index is 0.932. The summed E-state index contributed by atoms with van der Waals surface area (Å²) in [6, 6.07) is 5.27. The predicted octanol–water partition coefficient (Wildman–Crippen LogP) is 13.6. The van der Waals surface area contributed by atoms with Gasteiger partial charge in [0.2, 0.25) is 0 Å². The number of fused-ring (bicyclic) bond motifs is 8. The maximum Gasteiger partial charge on any atom is 0.160 e. The van der Waals surface area contributed by atoms with E-state index in [1.165, 1.54) is 84.7 Å². The number of aromatic amines is 1. The quantitative estimate of drug-likeness (QED) is 0.203. The number of hydrogen-bond donors (Lipinski definition) is 3. The van der Waals surface area contributed by atoms with E-state index < -0.39 is 34.1 Å². The minimum absolute atomic E-state index is 0.0824. The lowest BCUT2D eigenvalue weighted by molar-refractivity contribution is -0.266. The summed E-state index contributed by atoms with van der Waals surface area (Å²) in [6.07, 6.45) is 28.1. The zero-order chi connectivity index (χ0) is 51.8. The van der Waals surface area contributed by atoms with Gasteiger partial charge in [0.1, 0.15) is 11.9 Å². The van der Waals surface area contributed by atoms with Crippen molar-refractivity contribution in [2.24, 2.45) is 62.1 Å².